The number of rotatable bonds is 5. The maximum absolute atomic E-state index is 6.19. The minimum absolute atomic E-state index is 0.332. The van der Waals surface area contributed by atoms with Gasteiger partial charge in [0, 0.05) is 7.05 Å². The van der Waals surface area contributed by atoms with E-state index in [2.05, 4.69) is 20.4 Å². The second-order valence-corrected chi connectivity index (χ2v) is 7.88. The summed E-state index contributed by atoms with van der Waals surface area (Å²) < 4.78 is 19.4. The summed E-state index contributed by atoms with van der Waals surface area (Å²) in [5.41, 5.74) is 0.707. The fraction of sp³-hybridized carbons (Fsp3) is 0.200. The third kappa shape index (κ3) is 3.61. The standard InChI is InChI=1S/C20H16ClN5O3S/c1-26-18(16-10-27-14-8-4-5-9-15(14)28-16)23-25-20(26)30-11-17-22-24-19(29-17)12-6-2-3-7-13(12)21/h2-9,16H,10-11H2,1H3. The Balaban J connectivity index is 1.28. The van der Waals surface area contributed by atoms with E-state index in [1.807, 2.05) is 54.1 Å². The van der Waals surface area contributed by atoms with Crippen LogP contribution < -0.4 is 9.47 Å². The Hall–Kier alpha value is -3.04. The predicted octanol–water partition coefficient (Wildman–Crippen LogP) is 4.32. The first kappa shape index (κ1) is 19.0. The molecule has 0 aliphatic carbocycles. The largest absolute Gasteiger partial charge is 0.485 e. The SMILES string of the molecule is Cn1c(SCc2nnc(-c3ccccc3Cl)o2)nnc1C1COc2ccccc2O1. The molecule has 5 rings (SSSR count). The number of halogens is 1. The van der Waals surface area contributed by atoms with Crippen LogP contribution in [-0.2, 0) is 12.8 Å². The number of hydrogen-bond donors (Lipinski definition) is 0. The molecule has 0 fully saturated rings. The summed E-state index contributed by atoms with van der Waals surface area (Å²) in [5.74, 6) is 3.44. The van der Waals surface area contributed by atoms with E-state index >= 15 is 0 Å². The summed E-state index contributed by atoms with van der Waals surface area (Å²) in [5, 5.41) is 18.0. The Labute approximate surface area is 181 Å². The van der Waals surface area contributed by atoms with Crippen molar-refractivity contribution >= 4 is 23.4 Å². The second kappa shape index (κ2) is 8.00. The topological polar surface area (TPSA) is 88.1 Å². The molecule has 0 bridgehead atoms. The van der Waals surface area contributed by atoms with E-state index in [1.165, 1.54) is 11.8 Å². The van der Waals surface area contributed by atoms with Crippen molar-refractivity contribution < 1.29 is 13.9 Å². The fourth-order valence-corrected chi connectivity index (χ4v) is 4.03. The van der Waals surface area contributed by atoms with E-state index < -0.39 is 0 Å². The highest BCUT2D eigenvalue weighted by Crippen LogP contribution is 2.36. The minimum Gasteiger partial charge on any atom is -0.485 e. The Morgan fingerprint density at radius 1 is 1.03 bits per heavy atom. The van der Waals surface area contributed by atoms with Gasteiger partial charge in [-0.3, -0.25) is 0 Å². The highest BCUT2D eigenvalue weighted by Gasteiger charge is 2.27. The molecule has 1 unspecified atom stereocenters. The van der Waals surface area contributed by atoms with Crippen molar-refractivity contribution in [3.05, 3.63) is 65.3 Å². The molecule has 1 aliphatic heterocycles. The van der Waals surface area contributed by atoms with Crippen molar-refractivity contribution in [1.82, 2.24) is 25.0 Å². The molecule has 0 radical (unpaired) electrons. The van der Waals surface area contributed by atoms with Gasteiger partial charge in [0.1, 0.15) is 6.61 Å². The first-order valence-electron chi connectivity index (χ1n) is 9.17. The smallest absolute Gasteiger partial charge is 0.249 e. The van der Waals surface area contributed by atoms with Crippen molar-refractivity contribution in [2.75, 3.05) is 6.61 Å². The normalized spacial score (nSPS) is 15.3. The van der Waals surface area contributed by atoms with E-state index in [0.29, 0.717) is 51.5 Å². The predicted molar refractivity (Wildman–Crippen MR) is 111 cm³/mol. The summed E-state index contributed by atoms with van der Waals surface area (Å²) in [7, 11) is 1.89. The van der Waals surface area contributed by atoms with E-state index in [-0.39, 0.29) is 6.10 Å². The summed E-state index contributed by atoms with van der Waals surface area (Å²) in [4.78, 5) is 0. The monoisotopic (exact) mass is 441 g/mol. The summed E-state index contributed by atoms with van der Waals surface area (Å²) in [6, 6.07) is 14.9. The molecule has 1 atom stereocenters. The van der Waals surface area contributed by atoms with E-state index in [9.17, 15) is 0 Å². The summed E-state index contributed by atoms with van der Waals surface area (Å²) in [6.07, 6.45) is -0.332. The Morgan fingerprint density at radius 3 is 2.70 bits per heavy atom. The van der Waals surface area contributed by atoms with E-state index in [1.54, 1.807) is 6.07 Å². The van der Waals surface area contributed by atoms with Gasteiger partial charge < -0.3 is 18.5 Å². The number of para-hydroxylation sites is 2. The Bertz CT molecular complexity index is 1190. The molecular formula is C20H16ClN5O3S. The van der Waals surface area contributed by atoms with Gasteiger partial charge in [0.05, 0.1) is 16.3 Å². The van der Waals surface area contributed by atoms with Crippen molar-refractivity contribution in [3.8, 4) is 23.0 Å². The Morgan fingerprint density at radius 2 is 1.83 bits per heavy atom. The first-order chi connectivity index (χ1) is 14.7. The lowest BCUT2D eigenvalue weighted by molar-refractivity contribution is 0.0825. The number of nitrogens with zero attached hydrogens (tertiary/aromatic N) is 5. The highest BCUT2D eigenvalue weighted by molar-refractivity contribution is 7.98. The van der Waals surface area contributed by atoms with Gasteiger partial charge in [-0.1, -0.05) is 47.6 Å². The second-order valence-electron chi connectivity index (χ2n) is 6.53. The molecule has 2 aromatic carbocycles. The molecule has 10 heteroatoms. The zero-order chi connectivity index (χ0) is 20.5. The molecule has 0 spiro atoms. The lowest BCUT2D eigenvalue weighted by Crippen LogP contribution is -2.24. The third-order valence-electron chi connectivity index (χ3n) is 4.56. The fourth-order valence-electron chi connectivity index (χ4n) is 3.06. The van der Waals surface area contributed by atoms with Gasteiger partial charge in [-0.15, -0.1) is 20.4 Å². The molecule has 4 aromatic rings. The van der Waals surface area contributed by atoms with Crippen LogP contribution in [0, 0.1) is 0 Å². The molecule has 152 valence electrons. The van der Waals surface area contributed by atoms with Gasteiger partial charge in [0.2, 0.25) is 11.8 Å². The van der Waals surface area contributed by atoms with Crippen molar-refractivity contribution in [2.45, 2.75) is 17.0 Å². The van der Waals surface area contributed by atoms with Gasteiger partial charge in [-0.25, -0.2) is 0 Å². The first-order valence-corrected chi connectivity index (χ1v) is 10.5. The molecule has 3 heterocycles. The van der Waals surface area contributed by atoms with Crippen LogP contribution in [0.1, 0.15) is 17.8 Å². The van der Waals surface area contributed by atoms with Gasteiger partial charge in [0.15, 0.2) is 28.6 Å². The number of ether oxygens (including phenoxy) is 2. The van der Waals surface area contributed by atoms with E-state index in [4.69, 9.17) is 25.5 Å². The van der Waals surface area contributed by atoms with Gasteiger partial charge >= 0.3 is 0 Å². The zero-order valence-corrected chi connectivity index (χ0v) is 17.4. The van der Waals surface area contributed by atoms with E-state index in [0.717, 1.165) is 5.75 Å². The van der Waals surface area contributed by atoms with Gasteiger partial charge in [0.25, 0.3) is 0 Å². The number of benzene rings is 2. The van der Waals surface area contributed by atoms with Crippen molar-refractivity contribution in [1.29, 1.82) is 0 Å². The number of hydrogen-bond acceptors (Lipinski definition) is 8. The molecule has 0 N–H and O–H groups in total. The molecular weight excluding hydrogens is 426 g/mol. The molecule has 30 heavy (non-hydrogen) atoms. The van der Waals surface area contributed by atoms with Crippen LogP contribution in [0.25, 0.3) is 11.5 Å². The van der Waals surface area contributed by atoms with Gasteiger partial charge in [-0.2, -0.15) is 0 Å². The maximum Gasteiger partial charge on any atom is 0.249 e. The lowest BCUT2D eigenvalue weighted by Gasteiger charge is -2.25. The molecule has 0 saturated heterocycles. The maximum atomic E-state index is 6.19. The number of aromatic nitrogens is 5. The molecule has 0 amide bonds. The van der Waals surface area contributed by atoms with Crippen LogP contribution in [0.2, 0.25) is 5.02 Å². The third-order valence-corrected chi connectivity index (χ3v) is 5.90. The van der Waals surface area contributed by atoms with Crippen LogP contribution in [-0.4, -0.2) is 31.6 Å². The minimum atomic E-state index is -0.332. The quantitative estimate of drug-likeness (QED) is 0.423. The molecule has 2 aromatic heterocycles. The van der Waals surface area contributed by atoms with Crippen LogP contribution in [0.5, 0.6) is 11.5 Å². The Kier molecular flexibility index (Phi) is 5.06. The number of fused-ring (bicyclic) bond motifs is 1. The van der Waals surface area contributed by atoms with Crippen LogP contribution in [0.4, 0.5) is 0 Å². The average Bonchev–Trinajstić information content (AvgIpc) is 3.39. The van der Waals surface area contributed by atoms with Crippen molar-refractivity contribution in [2.24, 2.45) is 7.05 Å². The molecule has 0 saturated carbocycles. The van der Waals surface area contributed by atoms with Gasteiger partial charge in [-0.05, 0) is 24.3 Å². The molecule has 8 nitrogen and oxygen atoms in total. The summed E-state index contributed by atoms with van der Waals surface area (Å²) in [6.45, 7) is 0.374. The summed E-state index contributed by atoms with van der Waals surface area (Å²) >= 11 is 7.64. The lowest BCUT2D eigenvalue weighted by atomic mass is 10.2. The zero-order valence-electron chi connectivity index (χ0n) is 15.9. The highest BCUT2D eigenvalue weighted by atomic mass is 35.5. The van der Waals surface area contributed by atoms with Crippen molar-refractivity contribution in [3.63, 3.8) is 0 Å². The molecule has 1 aliphatic rings. The average molecular weight is 442 g/mol. The van der Waals surface area contributed by atoms with Crippen LogP contribution >= 0.6 is 23.4 Å². The van der Waals surface area contributed by atoms with Crippen LogP contribution in [0.15, 0.2) is 58.1 Å². The van der Waals surface area contributed by atoms with Crippen LogP contribution in [0.3, 0.4) is 0 Å². The number of thioether (sulfide) groups is 1.